The second-order valence-corrected chi connectivity index (χ2v) is 4.29. The lowest BCUT2D eigenvalue weighted by molar-refractivity contribution is 0.434. The van der Waals surface area contributed by atoms with Crippen molar-refractivity contribution in [3.63, 3.8) is 0 Å². The van der Waals surface area contributed by atoms with Crippen LogP contribution in [0.1, 0.15) is 35.6 Å². The van der Waals surface area contributed by atoms with Gasteiger partial charge >= 0.3 is 0 Å². The van der Waals surface area contributed by atoms with Gasteiger partial charge in [-0.1, -0.05) is 36.8 Å². The van der Waals surface area contributed by atoms with Crippen LogP contribution in [0.2, 0.25) is 0 Å². The number of benzene rings is 1. The molecule has 0 saturated carbocycles. The number of hydrogen-bond acceptors (Lipinski definition) is 2. The van der Waals surface area contributed by atoms with Crippen molar-refractivity contribution in [2.45, 2.75) is 26.3 Å². The Morgan fingerprint density at radius 2 is 2.06 bits per heavy atom. The summed E-state index contributed by atoms with van der Waals surface area (Å²) >= 11 is 0. The molecule has 2 heteroatoms. The van der Waals surface area contributed by atoms with E-state index in [2.05, 4.69) is 55.6 Å². The van der Waals surface area contributed by atoms with Crippen LogP contribution in [-0.4, -0.2) is 7.05 Å². The van der Waals surface area contributed by atoms with Crippen molar-refractivity contribution in [3.05, 3.63) is 59.0 Å². The van der Waals surface area contributed by atoms with Crippen molar-refractivity contribution in [2.75, 3.05) is 7.05 Å². The summed E-state index contributed by atoms with van der Waals surface area (Å²) in [7, 11) is 1.96. The van der Waals surface area contributed by atoms with E-state index in [1.807, 2.05) is 7.05 Å². The van der Waals surface area contributed by atoms with Crippen LogP contribution >= 0.6 is 0 Å². The first-order chi connectivity index (χ1) is 8.24. The number of nitrogens with one attached hydrogen (secondary N) is 1. The van der Waals surface area contributed by atoms with Crippen LogP contribution in [0, 0.1) is 6.92 Å². The van der Waals surface area contributed by atoms with Gasteiger partial charge in [-0.2, -0.15) is 0 Å². The Kier molecular flexibility index (Phi) is 3.64. The second-order valence-electron chi connectivity index (χ2n) is 4.29. The molecular formula is C15H19NO. The number of aryl methyl sites for hydroxylation is 2. The molecule has 2 rings (SSSR count). The highest BCUT2D eigenvalue weighted by Crippen LogP contribution is 2.24. The van der Waals surface area contributed by atoms with E-state index in [0.29, 0.717) is 0 Å². The van der Waals surface area contributed by atoms with E-state index in [1.54, 1.807) is 0 Å². The van der Waals surface area contributed by atoms with Gasteiger partial charge in [0.25, 0.3) is 0 Å². The highest BCUT2D eigenvalue weighted by Gasteiger charge is 2.15. The molecule has 1 unspecified atom stereocenters. The van der Waals surface area contributed by atoms with Gasteiger partial charge in [-0.15, -0.1) is 0 Å². The molecule has 0 amide bonds. The first-order valence-electron chi connectivity index (χ1n) is 6.07. The number of furan rings is 1. The number of hydrogen-bond donors (Lipinski definition) is 1. The third-order valence-electron chi connectivity index (χ3n) is 2.98. The van der Waals surface area contributed by atoms with Gasteiger partial charge in [0.2, 0.25) is 0 Å². The quantitative estimate of drug-likeness (QED) is 0.868. The van der Waals surface area contributed by atoms with E-state index in [9.17, 15) is 0 Å². The fourth-order valence-corrected chi connectivity index (χ4v) is 2.06. The van der Waals surface area contributed by atoms with E-state index in [1.165, 1.54) is 11.1 Å². The minimum atomic E-state index is 0.134. The number of rotatable bonds is 4. The van der Waals surface area contributed by atoms with Crippen LogP contribution in [0.25, 0.3) is 0 Å². The molecule has 1 atom stereocenters. The molecule has 0 aliphatic rings. The van der Waals surface area contributed by atoms with Gasteiger partial charge in [-0.25, -0.2) is 0 Å². The average molecular weight is 229 g/mol. The predicted molar refractivity (Wildman–Crippen MR) is 70.2 cm³/mol. The van der Waals surface area contributed by atoms with Crippen molar-refractivity contribution in [3.8, 4) is 0 Å². The van der Waals surface area contributed by atoms with Crippen molar-refractivity contribution in [1.82, 2.24) is 5.32 Å². The Labute approximate surface area is 103 Å². The molecule has 1 N–H and O–H groups in total. The summed E-state index contributed by atoms with van der Waals surface area (Å²) in [6.07, 6.45) is 0.935. The van der Waals surface area contributed by atoms with Gasteiger partial charge < -0.3 is 9.73 Å². The van der Waals surface area contributed by atoms with Crippen molar-refractivity contribution in [1.29, 1.82) is 0 Å². The highest BCUT2D eigenvalue weighted by molar-refractivity contribution is 5.30. The minimum absolute atomic E-state index is 0.134. The first kappa shape index (κ1) is 11.9. The Bertz CT molecular complexity index is 487. The van der Waals surface area contributed by atoms with Crippen molar-refractivity contribution >= 4 is 0 Å². The highest BCUT2D eigenvalue weighted by atomic mass is 16.3. The van der Waals surface area contributed by atoms with Crippen molar-refractivity contribution < 1.29 is 4.42 Å². The zero-order valence-electron chi connectivity index (χ0n) is 10.7. The predicted octanol–water partition coefficient (Wildman–Crippen LogP) is 3.46. The molecule has 0 radical (unpaired) electrons. The molecule has 1 heterocycles. The fourth-order valence-electron chi connectivity index (χ4n) is 2.06. The van der Waals surface area contributed by atoms with Crippen LogP contribution in [0.15, 0.2) is 40.8 Å². The lowest BCUT2D eigenvalue weighted by Crippen LogP contribution is -2.17. The molecule has 2 aromatic rings. The third-order valence-corrected chi connectivity index (χ3v) is 2.98. The molecule has 1 aromatic carbocycles. The lowest BCUT2D eigenvalue weighted by atomic mass is 10.0. The van der Waals surface area contributed by atoms with Gasteiger partial charge in [0, 0.05) is 6.42 Å². The summed E-state index contributed by atoms with van der Waals surface area (Å²) in [6.45, 7) is 4.21. The third kappa shape index (κ3) is 2.59. The van der Waals surface area contributed by atoms with Crippen LogP contribution in [0.5, 0.6) is 0 Å². The van der Waals surface area contributed by atoms with Gasteiger partial charge in [0.15, 0.2) is 0 Å². The van der Waals surface area contributed by atoms with Crippen LogP contribution in [-0.2, 0) is 6.42 Å². The molecule has 0 bridgehead atoms. The molecule has 1 aromatic heterocycles. The Balaban J connectivity index is 2.33. The lowest BCUT2D eigenvalue weighted by Gasteiger charge is -2.14. The molecule has 2 nitrogen and oxygen atoms in total. The van der Waals surface area contributed by atoms with E-state index >= 15 is 0 Å². The molecule has 17 heavy (non-hydrogen) atoms. The normalized spacial score (nSPS) is 12.6. The van der Waals surface area contributed by atoms with Gasteiger partial charge in [0.1, 0.15) is 11.5 Å². The average Bonchev–Trinajstić information content (AvgIpc) is 2.79. The summed E-state index contributed by atoms with van der Waals surface area (Å²) in [5, 5.41) is 3.31. The zero-order chi connectivity index (χ0) is 12.3. The van der Waals surface area contributed by atoms with Gasteiger partial charge in [-0.05, 0) is 31.7 Å². The fraction of sp³-hybridized carbons (Fsp3) is 0.333. The SMILES string of the molecule is CCc1ccc(C(NC)c2cccc(C)c2)o1. The molecular weight excluding hydrogens is 210 g/mol. The topological polar surface area (TPSA) is 25.2 Å². The van der Waals surface area contributed by atoms with Crippen LogP contribution in [0.4, 0.5) is 0 Å². The van der Waals surface area contributed by atoms with E-state index in [-0.39, 0.29) is 6.04 Å². The summed E-state index contributed by atoms with van der Waals surface area (Å²) in [5.41, 5.74) is 2.51. The first-order valence-corrected chi connectivity index (χ1v) is 6.07. The second kappa shape index (κ2) is 5.19. The Hall–Kier alpha value is -1.54. The maximum Gasteiger partial charge on any atom is 0.125 e. The van der Waals surface area contributed by atoms with Crippen LogP contribution in [0.3, 0.4) is 0 Å². The monoisotopic (exact) mass is 229 g/mol. The summed E-state index contributed by atoms with van der Waals surface area (Å²) in [4.78, 5) is 0. The molecule has 0 saturated heterocycles. The standard InChI is InChI=1S/C15H19NO/c1-4-13-8-9-14(17-13)15(16-3)12-7-5-6-11(2)10-12/h5-10,15-16H,4H2,1-3H3. The Morgan fingerprint density at radius 1 is 1.24 bits per heavy atom. The van der Waals surface area contributed by atoms with Gasteiger partial charge in [0.05, 0.1) is 6.04 Å². The summed E-state index contributed by atoms with van der Waals surface area (Å²) in [5.74, 6) is 2.02. The van der Waals surface area contributed by atoms with Gasteiger partial charge in [-0.3, -0.25) is 0 Å². The maximum absolute atomic E-state index is 5.82. The minimum Gasteiger partial charge on any atom is -0.464 e. The van der Waals surface area contributed by atoms with E-state index in [4.69, 9.17) is 4.42 Å². The van der Waals surface area contributed by atoms with E-state index in [0.717, 1.165) is 17.9 Å². The molecule has 0 aliphatic heterocycles. The molecule has 0 aliphatic carbocycles. The zero-order valence-corrected chi connectivity index (χ0v) is 10.7. The molecule has 0 spiro atoms. The smallest absolute Gasteiger partial charge is 0.125 e. The Morgan fingerprint density at radius 3 is 2.65 bits per heavy atom. The largest absolute Gasteiger partial charge is 0.464 e. The van der Waals surface area contributed by atoms with Crippen LogP contribution < -0.4 is 5.32 Å². The summed E-state index contributed by atoms with van der Waals surface area (Å²) in [6, 6.07) is 12.7. The molecule has 0 fully saturated rings. The maximum atomic E-state index is 5.82. The van der Waals surface area contributed by atoms with Crippen molar-refractivity contribution in [2.24, 2.45) is 0 Å². The molecule has 90 valence electrons. The summed E-state index contributed by atoms with van der Waals surface area (Å²) < 4.78 is 5.82. The van der Waals surface area contributed by atoms with E-state index < -0.39 is 0 Å².